The number of nitrogens with zero attached hydrogens (tertiary/aromatic N) is 1. The number of hydrogen-bond acceptors (Lipinski definition) is 3. The van der Waals surface area contributed by atoms with Crippen molar-refractivity contribution < 1.29 is 9.84 Å². The summed E-state index contributed by atoms with van der Waals surface area (Å²) >= 11 is 0. The van der Waals surface area contributed by atoms with Gasteiger partial charge < -0.3 is 14.7 Å². The van der Waals surface area contributed by atoms with Gasteiger partial charge in [-0.05, 0) is 50.7 Å². The molecule has 2 aromatic rings. The Hall–Kier alpha value is -1.55. The Morgan fingerprint density at radius 3 is 2.33 bits per heavy atom. The van der Waals surface area contributed by atoms with Crippen LogP contribution in [0.5, 0.6) is 5.75 Å². The Kier molecular flexibility index (Phi) is 7.74. The zero-order chi connectivity index (χ0) is 16.9. The van der Waals surface area contributed by atoms with E-state index in [9.17, 15) is 5.11 Å². The molecule has 0 saturated carbocycles. The van der Waals surface area contributed by atoms with Gasteiger partial charge in [0.25, 0.3) is 0 Å². The van der Waals surface area contributed by atoms with E-state index in [0.29, 0.717) is 0 Å². The molecular formula is C20H28ClNO2. The van der Waals surface area contributed by atoms with Gasteiger partial charge in [0, 0.05) is 12.5 Å². The molecule has 0 aliphatic rings. The van der Waals surface area contributed by atoms with Crippen LogP contribution >= 0.6 is 12.4 Å². The van der Waals surface area contributed by atoms with Gasteiger partial charge >= 0.3 is 0 Å². The lowest BCUT2D eigenvalue weighted by atomic mass is 9.79. The second kappa shape index (κ2) is 9.07. The number of hydrogen-bond donors (Lipinski definition) is 1. The van der Waals surface area contributed by atoms with Crippen molar-refractivity contribution in [2.24, 2.45) is 5.92 Å². The lowest BCUT2D eigenvalue weighted by Gasteiger charge is -2.35. The van der Waals surface area contributed by atoms with Crippen LogP contribution in [0.3, 0.4) is 0 Å². The third-order valence-electron chi connectivity index (χ3n) is 4.36. The number of methoxy groups -OCH3 is 1. The molecule has 0 radical (unpaired) electrons. The first-order valence-corrected chi connectivity index (χ1v) is 7.99. The van der Waals surface area contributed by atoms with Gasteiger partial charge in [0.2, 0.25) is 0 Å². The molecule has 0 aliphatic heterocycles. The summed E-state index contributed by atoms with van der Waals surface area (Å²) in [6, 6.07) is 18.1. The van der Waals surface area contributed by atoms with E-state index in [2.05, 4.69) is 17.0 Å². The van der Waals surface area contributed by atoms with Crippen molar-refractivity contribution in [2.45, 2.75) is 18.9 Å². The fraction of sp³-hybridized carbons (Fsp3) is 0.400. The fourth-order valence-electron chi connectivity index (χ4n) is 2.95. The van der Waals surface area contributed by atoms with E-state index in [0.717, 1.165) is 24.3 Å². The minimum absolute atomic E-state index is 0. The molecule has 0 fully saturated rings. The Bertz CT molecular complexity index is 614. The largest absolute Gasteiger partial charge is 0.497 e. The summed E-state index contributed by atoms with van der Waals surface area (Å²) in [4.78, 5) is 2.13. The molecule has 2 aromatic carbocycles. The summed E-state index contributed by atoms with van der Waals surface area (Å²) in [6.45, 7) is 2.71. The molecule has 2 rings (SSSR count). The van der Waals surface area contributed by atoms with Crippen LogP contribution in [0.25, 0.3) is 0 Å². The topological polar surface area (TPSA) is 32.7 Å². The van der Waals surface area contributed by atoms with Crippen LogP contribution in [0.2, 0.25) is 0 Å². The van der Waals surface area contributed by atoms with E-state index in [4.69, 9.17) is 4.74 Å². The van der Waals surface area contributed by atoms with E-state index >= 15 is 0 Å². The van der Waals surface area contributed by atoms with Gasteiger partial charge in [0.05, 0.1) is 12.7 Å². The van der Waals surface area contributed by atoms with Crippen LogP contribution in [0.15, 0.2) is 54.6 Å². The van der Waals surface area contributed by atoms with E-state index in [1.807, 2.05) is 63.5 Å². The minimum atomic E-state index is -0.936. The molecule has 0 spiro atoms. The number of halogens is 1. The quantitative estimate of drug-likeness (QED) is 0.826. The van der Waals surface area contributed by atoms with Gasteiger partial charge in [-0.15, -0.1) is 12.4 Å². The summed E-state index contributed by atoms with van der Waals surface area (Å²) in [5.41, 5.74) is 1.19. The Labute approximate surface area is 151 Å². The van der Waals surface area contributed by atoms with Gasteiger partial charge in [-0.25, -0.2) is 0 Å². The van der Waals surface area contributed by atoms with Gasteiger partial charge in [0.1, 0.15) is 5.75 Å². The van der Waals surface area contributed by atoms with Crippen molar-refractivity contribution >= 4 is 12.4 Å². The van der Waals surface area contributed by atoms with Crippen LogP contribution in [-0.4, -0.2) is 37.8 Å². The Balaban J connectivity index is 0.00000288. The van der Waals surface area contributed by atoms with Crippen LogP contribution in [-0.2, 0) is 12.0 Å². The summed E-state index contributed by atoms with van der Waals surface area (Å²) < 4.78 is 5.31. The molecule has 0 aromatic heterocycles. The first-order valence-electron chi connectivity index (χ1n) is 7.99. The van der Waals surface area contributed by atoms with Gasteiger partial charge in [-0.1, -0.05) is 42.5 Å². The molecule has 132 valence electrons. The zero-order valence-corrected chi connectivity index (χ0v) is 15.7. The third-order valence-corrected chi connectivity index (χ3v) is 4.36. The second-order valence-electron chi connectivity index (χ2n) is 6.53. The molecule has 0 amide bonds. The first-order chi connectivity index (χ1) is 10.9. The Morgan fingerprint density at radius 2 is 1.75 bits per heavy atom. The van der Waals surface area contributed by atoms with Crippen molar-refractivity contribution in [3.63, 3.8) is 0 Å². The lowest BCUT2D eigenvalue weighted by molar-refractivity contribution is -0.0159. The molecule has 4 heteroatoms. The molecule has 0 saturated heterocycles. The van der Waals surface area contributed by atoms with Crippen LogP contribution in [0, 0.1) is 5.92 Å². The predicted molar refractivity (Wildman–Crippen MR) is 102 cm³/mol. The number of ether oxygens (including phenoxy) is 1. The number of benzene rings is 2. The van der Waals surface area contributed by atoms with Crippen LogP contribution in [0.1, 0.15) is 18.1 Å². The summed E-state index contributed by atoms with van der Waals surface area (Å²) in [6.07, 6.45) is 0.823. The van der Waals surface area contributed by atoms with Crippen molar-refractivity contribution in [1.82, 2.24) is 4.90 Å². The number of rotatable bonds is 7. The fourth-order valence-corrected chi connectivity index (χ4v) is 2.95. The van der Waals surface area contributed by atoms with Crippen molar-refractivity contribution in [1.29, 1.82) is 0 Å². The van der Waals surface area contributed by atoms with Crippen molar-refractivity contribution in [2.75, 3.05) is 27.7 Å². The SMILES string of the molecule is COc1cccc(C(C)(O)C(Cc2ccccc2)CN(C)C)c1.Cl. The molecule has 0 aliphatic carbocycles. The average molecular weight is 350 g/mol. The standard InChI is InChI=1S/C20H27NO2.ClH/c1-20(22,17-11-8-12-19(14-17)23-4)18(15-21(2)3)13-16-9-6-5-7-10-16;/h5-12,14,18,22H,13,15H2,1-4H3;1H. The predicted octanol–water partition coefficient (Wildman–Crippen LogP) is 3.75. The highest BCUT2D eigenvalue weighted by molar-refractivity contribution is 5.85. The van der Waals surface area contributed by atoms with Crippen LogP contribution < -0.4 is 4.74 Å². The maximum atomic E-state index is 11.3. The Morgan fingerprint density at radius 1 is 1.08 bits per heavy atom. The molecule has 2 unspecified atom stereocenters. The lowest BCUT2D eigenvalue weighted by Crippen LogP contribution is -2.39. The van der Waals surface area contributed by atoms with E-state index in [1.54, 1.807) is 7.11 Å². The zero-order valence-electron chi connectivity index (χ0n) is 14.9. The summed E-state index contributed by atoms with van der Waals surface area (Å²) in [5.74, 6) is 0.845. The average Bonchev–Trinajstić information content (AvgIpc) is 2.55. The monoisotopic (exact) mass is 349 g/mol. The highest BCUT2D eigenvalue weighted by Gasteiger charge is 2.34. The molecule has 3 nitrogen and oxygen atoms in total. The molecular weight excluding hydrogens is 322 g/mol. The molecule has 24 heavy (non-hydrogen) atoms. The highest BCUT2D eigenvalue weighted by atomic mass is 35.5. The molecule has 2 atom stereocenters. The first kappa shape index (κ1) is 20.5. The molecule has 1 N–H and O–H groups in total. The summed E-state index contributed by atoms with van der Waals surface area (Å²) in [7, 11) is 5.73. The smallest absolute Gasteiger partial charge is 0.119 e. The van der Waals surface area contributed by atoms with Crippen LogP contribution in [0.4, 0.5) is 0 Å². The van der Waals surface area contributed by atoms with Crippen molar-refractivity contribution in [3.8, 4) is 5.75 Å². The maximum Gasteiger partial charge on any atom is 0.119 e. The minimum Gasteiger partial charge on any atom is -0.497 e. The van der Waals surface area contributed by atoms with Gasteiger partial charge in [0.15, 0.2) is 0 Å². The highest BCUT2D eigenvalue weighted by Crippen LogP contribution is 2.34. The third kappa shape index (κ3) is 5.23. The number of aliphatic hydroxyl groups is 1. The van der Waals surface area contributed by atoms with Gasteiger partial charge in [-0.2, -0.15) is 0 Å². The van der Waals surface area contributed by atoms with E-state index < -0.39 is 5.60 Å². The van der Waals surface area contributed by atoms with E-state index in [1.165, 1.54) is 5.56 Å². The normalized spacial score (nSPS) is 14.6. The summed E-state index contributed by atoms with van der Waals surface area (Å²) in [5, 5.41) is 11.3. The second-order valence-corrected chi connectivity index (χ2v) is 6.53. The molecule has 0 heterocycles. The van der Waals surface area contributed by atoms with Crippen molar-refractivity contribution in [3.05, 3.63) is 65.7 Å². The molecule has 0 bridgehead atoms. The van der Waals surface area contributed by atoms with Gasteiger partial charge in [-0.3, -0.25) is 0 Å². The maximum absolute atomic E-state index is 11.3. The van der Waals surface area contributed by atoms with E-state index in [-0.39, 0.29) is 18.3 Å².